The van der Waals surface area contributed by atoms with E-state index >= 15 is 0 Å². The number of rotatable bonds is 10. The van der Waals surface area contributed by atoms with E-state index in [4.69, 9.17) is 4.74 Å². The first-order chi connectivity index (χ1) is 14.7. The third-order valence-electron chi connectivity index (χ3n) is 5.53. The molecule has 2 amide bonds. The minimum atomic E-state index is -0.605. The Bertz CT molecular complexity index is 861. The molecule has 2 aromatic carbocycles. The number of carbonyl (C=O) groups excluding carboxylic acids is 2. The minimum absolute atomic E-state index is 0.0560. The van der Waals surface area contributed by atoms with Crippen LogP contribution in [0.3, 0.4) is 0 Å². The molecular formula is C26H36N2O3. The highest BCUT2D eigenvalue weighted by molar-refractivity contribution is 5.88. The van der Waals surface area contributed by atoms with Gasteiger partial charge in [0.25, 0.3) is 5.91 Å². The summed E-state index contributed by atoms with van der Waals surface area (Å²) in [5.74, 6) is 0.622. The summed E-state index contributed by atoms with van der Waals surface area (Å²) < 4.78 is 5.91. The predicted molar refractivity (Wildman–Crippen MR) is 125 cm³/mol. The van der Waals surface area contributed by atoms with E-state index in [-0.39, 0.29) is 30.4 Å². The van der Waals surface area contributed by atoms with Crippen LogP contribution in [0, 0.1) is 6.92 Å². The smallest absolute Gasteiger partial charge is 0.261 e. The molecule has 0 saturated carbocycles. The number of carbonyl (C=O) groups is 2. The fourth-order valence-electron chi connectivity index (χ4n) is 3.25. The number of hydrogen-bond donors (Lipinski definition) is 1. The van der Waals surface area contributed by atoms with Crippen molar-refractivity contribution in [1.82, 2.24) is 10.2 Å². The molecule has 168 valence electrons. The molecule has 5 heteroatoms. The van der Waals surface area contributed by atoms with Gasteiger partial charge in [-0.1, -0.05) is 68.8 Å². The van der Waals surface area contributed by atoms with Crippen LogP contribution < -0.4 is 10.1 Å². The minimum Gasteiger partial charge on any atom is -0.483 e. The number of nitrogens with zero attached hydrogens (tertiary/aromatic N) is 1. The quantitative estimate of drug-likeness (QED) is 0.594. The van der Waals surface area contributed by atoms with Crippen molar-refractivity contribution in [3.8, 4) is 5.75 Å². The highest BCUT2D eigenvalue weighted by atomic mass is 16.5. The van der Waals surface area contributed by atoms with Crippen molar-refractivity contribution in [3.63, 3.8) is 0 Å². The van der Waals surface area contributed by atoms with Crippen molar-refractivity contribution in [3.05, 3.63) is 65.2 Å². The highest BCUT2D eigenvalue weighted by Crippen LogP contribution is 2.26. The van der Waals surface area contributed by atoms with E-state index in [0.29, 0.717) is 12.3 Å². The van der Waals surface area contributed by atoms with E-state index in [1.807, 2.05) is 69.3 Å². The topological polar surface area (TPSA) is 58.6 Å². The predicted octanol–water partition coefficient (Wildman–Crippen LogP) is 4.83. The number of benzene rings is 2. The molecule has 0 fully saturated rings. The first-order valence-corrected chi connectivity index (χ1v) is 11.1. The largest absolute Gasteiger partial charge is 0.483 e. The Morgan fingerprint density at radius 3 is 2.26 bits per heavy atom. The second kappa shape index (κ2) is 11.5. The summed E-state index contributed by atoms with van der Waals surface area (Å²) in [6.45, 7) is 12.2. The maximum absolute atomic E-state index is 13.2. The molecule has 2 atom stereocenters. The average Bonchev–Trinajstić information content (AvgIpc) is 2.76. The van der Waals surface area contributed by atoms with Gasteiger partial charge in [-0.25, -0.2) is 0 Å². The van der Waals surface area contributed by atoms with Gasteiger partial charge in [0.15, 0.2) is 6.61 Å². The van der Waals surface area contributed by atoms with Gasteiger partial charge < -0.3 is 15.0 Å². The highest BCUT2D eigenvalue weighted by Gasteiger charge is 2.27. The molecule has 5 nitrogen and oxygen atoms in total. The molecule has 0 saturated heterocycles. The zero-order valence-corrected chi connectivity index (χ0v) is 19.6. The monoisotopic (exact) mass is 424 g/mol. The van der Waals surface area contributed by atoms with Crippen LogP contribution in [0.25, 0.3) is 0 Å². The van der Waals surface area contributed by atoms with Crippen LogP contribution in [0.5, 0.6) is 5.75 Å². The second-order valence-electron chi connectivity index (χ2n) is 8.48. The molecule has 0 aliphatic heterocycles. The summed E-state index contributed by atoms with van der Waals surface area (Å²) >= 11 is 0. The lowest BCUT2D eigenvalue weighted by molar-refractivity contribution is -0.142. The summed E-state index contributed by atoms with van der Waals surface area (Å²) in [5.41, 5.74) is 3.19. The van der Waals surface area contributed by atoms with Gasteiger partial charge in [-0.2, -0.15) is 0 Å². The number of nitrogens with one attached hydrogen (secondary N) is 1. The molecular weight excluding hydrogens is 388 g/mol. The van der Waals surface area contributed by atoms with Crippen LogP contribution in [-0.2, 0) is 16.1 Å². The Labute approximate surface area is 186 Å². The van der Waals surface area contributed by atoms with Gasteiger partial charge >= 0.3 is 0 Å². The Morgan fingerprint density at radius 2 is 1.65 bits per heavy atom. The maximum atomic E-state index is 13.2. The number of para-hydroxylation sites is 1. The number of ether oxygens (including phenoxy) is 1. The van der Waals surface area contributed by atoms with E-state index in [1.165, 1.54) is 0 Å². The molecule has 0 bridgehead atoms. The van der Waals surface area contributed by atoms with E-state index in [2.05, 4.69) is 19.2 Å². The summed E-state index contributed by atoms with van der Waals surface area (Å²) in [6.07, 6.45) is 0.833. The van der Waals surface area contributed by atoms with Crippen LogP contribution in [0.1, 0.15) is 63.6 Å². The molecule has 0 spiro atoms. The standard InChI is InChI=1S/C26H36N2O3/c1-7-20(5)27-26(30)21(6)28(16-22-14-12-19(4)13-15-22)25(29)17-31-24-11-9-8-10-23(24)18(2)3/h8-15,18,20-21H,7,16-17H2,1-6H3,(H,27,30)/t20-,21-/m0/s1. The third-order valence-corrected chi connectivity index (χ3v) is 5.53. The Morgan fingerprint density at radius 1 is 1.00 bits per heavy atom. The number of hydrogen-bond acceptors (Lipinski definition) is 3. The first kappa shape index (κ1) is 24.4. The van der Waals surface area contributed by atoms with Crippen molar-refractivity contribution in [2.45, 2.75) is 72.5 Å². The van der Waals surface area contributed by atoms with Crippen molar-refractivity contribution in [1.29, 1.82) is 0 Å². The molecule has 0 aliphatic rings. The molecule has 0 aliphatic carbocycles. The van der Waals surface area contributed by atoms with E-state index in [0.717, 1.165) is 23.1 Å². The van der Waals surface area contributed by atoms with Gasteiger partial charge in [0, 0.05) is 12.6 Å². The third kappa shape index (κ3) is 7.12. The van der Waals surface area contributed by atoms with Crippen molar-refractivity contribution < 1.29 is 14.3 Å². The van der Waals surface area contributed by atoms with E-state index in [1.54, 1.807) is 11.8 Å². The summed E-state index contributed by atoms with van der Waals surface area (Å²) in [4.78, 5) is 27.6. The van der Waals surface area contributed by atoms with Crippen LogP contribution in [0.2, 0.25) is 0 Å². The number of aryl methyl sites for hydroxylation is 1. The van der Waals surface area contributed by atoms with Gasteiger partial charge in [-0.3, -0.25) is 9.59 Å². The molecule has 2 aromatic rings. The van der Waals surface area contributed by atoms with Crippen LogP contribution in [-0.4, -0.2) is 35.4 Å². The van der Waals surface area contributed by atoms with Crippen LogP contribution in [0.4, 0.5) is 0 Å². The second-order valence-corrected chi connectivity index (χ2v) is 8.48. The van der Waals surface area contributed by atoms with Gasteiger partial charge in [0.05, 0.1) is 0 Å². The number of amides is 2. The van der Waals surface area contributed by atoms with Gasteiger partial charge in [-0.05, 0) is 50.3 Å². The zero-order chi connectivity index (χ0) is 23.0. The summed E-state index contributed by atoms with van der Waals surface area (Å²) in [7, 11) is 0. The molecule has 0 heterocycles. The lowest BCUT2D eigenvalue weighted by Gasteiger charge is -2.30. The Balaban J connectivity index is 2.19. The molecule has 0 unspecified atom stereocenters. The SMILES string of the molecule is CC[C@H](C)NC(=O)[C@H](C)N(Cc1ccc(C)cc1)C(=O)COc1ccccc1C(C)C. The summed E-state index contributed by atoms with van der Waals surface area (Å²) in [5, 5.41) is 2.98. The fourth-order valence-corrected chi connectivity index (χ4v) is 3.25. The molecule has 1 N–H and O–H groups in total. The van der Waals surface area contributed by atoms with Crippen molar-refractivity contribution >= 4 is 11.8 Å². The molecule has 0 aromatic heterocycles. The lowest BCUT2D eigenvalue weighted by Crippen LogP contribution is -2.50. The lowest BCUT2D eigenvalue weighted by atomic mass is 10.0. The Kier molecular flexibility index (Phi) is 9.10. The van der Waals surface area contributed by atoms with Gasteiger partial charge in [0.2, 0.25) is 5.91 Å². The van der Waals surface area contributed by atoms with Gasteiger partial charge in [-0.15, -0.1) is 0 Å². The average molecular weight is 425 g/mol. The normalized spacial score (nSPS) is 12.9. The van der Waals surface area contributed by atoms with E-state index in [9.17, 15) is 9.59 Å². The van der Waals surface area contributed by atoms with Crippen molar-refractivity contribution in [2.24, 2.45) is 0 Å². The Hall–Kier alpha value is -2.82. The zero-order valence-electron chi connectivity index (χ0n) is 19.6. The van der Waals surface area contributed by atoms with Gasteiger partial charge in [0.1, 0.15) is 11.8 Å². The van der Waals surface area contributed by atoms with Crippen LogP contribution in [0.15, 0.2) is 48.5 Å². The fraction of sp³-hybridized carbons (Fsp3) is 0.462. The van der Waals surface area contributed by atoms with E-state index < -0.39 is 6.04 Å². The maximum Gasteiger partial charge on any atom is 0.261 e. The molecule has 0 radical (unpaired) electrons. The molecule has 31 heavy (non-hydrogen) atoms. The van der Waals surface area contributed by atoms with Crippen LogP contribution >= 0.6 is 0 Å². The van der Waals surface area contributed by atoms with Crippen molar-refractivity contribution in [2.75, 3.05) is 6.61 Å². The summed E-state index contributed by atoms with van der Waals surface area (Å²) in [6, 6.07) is 15.2. The first-order valence-electron chi connectivity index (χ1n) is 11.1. The molecule has 2 rings (SSSR count).